The van der Waals surface area contributed by atoms with Crippen molar-refractivity contribution < 1.29 is 9.32 Å². The molecule has 24 heavy (non-hydrogen) atoms. The first-order valence-electron chi connectivity index (χ1n) is 7.62. The summed E-state index contributed by atoms with van der Waals surface area (Å²) in [5.41, 5.74) is 0.546. The topological polar surface area (TPSA) is 67.5 Å². The van der Waals surface area contributed by atoms with E-state index in [2.05, 4.69) is 10.2 Å². The number of halogens is 2. The number of nitrogens with one attached hydrogen (secondary N) is 1. The highest BCUT2D eigenvalue weighted by molar-refractivity contribution is 6.36. The van der Waals surface area contributed by atoms with Crippen LogP contribution >= 0.6 is 23.2 Å². The van der Waals surface area contributed by atoms with Crippen molar-refractivity contribution in [3.05, 3.63) is 50.4 Å². The Bertz CT molecular complexity index is 815. The van der Waals surface area contributed by atoms with Crippen molar-refractivity contribution >= 4 is 34.8 Å². The molecule has 0 bridgehead atoms. The quantitative estimate of drug-likeness (QED) is 0.902. The lowest BCUT2D eigenvalue weighted by atomic mass is 10.0. The standard InChI is InChI=1S/C16H17Cl2N3O3/c1-20-15(22)8-14(24-20)16(23)19-11-3-2-6-21(9-11)13-5-4-10(17)7-12(13)18/h4-5,7-8,11H,2-3,6,9H2,1H3,(H,19,23)/t11-/m1/s1. The minimum Gasteiger partial charge on any atom is -0.371 e. The van der Waals surface area contributed by atoms with Crippen LogP contribution in [0.1, 0.15) is 23.4 Å². The zero-order valence-corrected chi connectivity index (χ0v) is 14.6. The predicted octanol–water partition coefficient (Wildman–Crippen LogP) is 2.68. The van der Waals surface area contributed by atoms with Gasteiger partial charge >= 0.3 is 0 Å². The van der Waals surface area contributed by atoms with E-state index in [0.717, 1.165) is 29.8 Å². The van der Waals surface area contributed by atoms with E-state index in [1.54, 1.807) is 12.1 Å². The van der Waals surface area contributed by atoms with E-state index >= 15 is 0 Å². The van der Waals surface area contributed by atoms with Gasteiger partial charge in [0.25, 0.3) is 11.5 Å². The number of benzene rings is 1. The van der Waals surface area contributed by atoms with Gasteiger partial charge in [0.15, 0.2) is 0 Å². The molecule has 1 atom stereocenters. The van der Waals surface area contributed by atoms with Crippen LogP contribution in [0.25, 0.3) is 0 Å². The molecule has 0 unspecified atom stereocenters. The van der Waals surface area contributed by atoms with Gasteiger partial charge in [-0.1, -0.05) is 23.2 Å². The van der Waals surface area contributed by atoms with Crippen molar-refractivity contribution in [3.63, 3.8) is 0 Å². The van der Waals surface area contributed by atoms with Crippen LogP contribution in [-0.2, 0) is 7.05 Å². The van der Waals surface area contributed by atoms with Gasteiger partial charge in [-0.25, -0.2) is 0 Å². The predicted molar refractivity (Wildman–Crippen MR) is 93.1 cm³/mol. The second-order valence-corrected chi connectivity index (χ2v) is 6.63. The number of hydrogen-bond donors (Lipinski definition) is 1. The number of carbonyl (C=O) groups excluding carboxylic acids is 1. The average Bonchev–Trinajstić information content (AvgIpc) is 2.87. The molecule has 0 saturated carbocycles. The minimum absolute atomic E-state index is 0.0177. The molecule has 128 valence electrons. The Morgan fingerprint density at radius 1 is 1.33 bits per heavy atom. The zero-order valence-electron chi connectivity index (χ0n) is 13.1. The maximum absolute atomic E-state index is 12.2. The zero-order chi connectivity index (χ0) is 17.3. The highest BCUT2D eigenvalue weighted by Gasteiger charge is 2.24. The highest BCUT2D eigenvalue weighted by atomic mass is 35.5. The third kappa shape index (κ3) is 3.60. The van der Waals surface area contributed by atoms with Crippen LogP contribution in [0.3, 0.4) is 0 Å². The molecule has 1 fully saturated rings. The number of anilines is 1. The summed E-state index contributed by atoms with van der Waals surface area (Å²) in [6.45, 7) is 1.48. The van der Waals surface area contributed by atoms with Gasteiger partial charge in [-0.2, -0.15) is 4.74 Å². The summed E-state index contributed by atoms with van der Waals surface area (Å²) < 4.78 is 6.13. The van der Waals surface area contributed by atoms with Crippen molar-refractivity contribution in [2.45, 2.75) is 18.9 Å². The Hall–Kier alpha value is -1.92. The van der Waals surface area contributed by atoms with Crippen molar-refractivity contribution in [2.75, 3.05) is 18.0 Å². The van der Waals surface area contributed by atoms with Gasteiger partial charge < -0.3 is 14.7 Å². The SMILES string of the molecule is Cn1oc(C(=O)N[C@@H]2CCCN(c3ccc(Cl)cc3Cl)C2)cc1=O. The van der Waals surface area contributed by atoms with Gasteiger partial charge in [0.05, 0.1) is 16.8 Å². The monoisotopic (exact) mass is 369 g/mol. The Balaban J connectivity index is 1.69. The lowest BCUT2D eigenvalue weighted by molar-refractivity contribution is 0.0882. The summed E-state index contributed by atoms with van der Waals surface area (Å²) in [7, 11) is 1.46. The lowest BCUT2D eigenvalue weighted by Gasteiger charge is -2.35. The molecule has 1 aromatic carbocycles. The van der Waals surface area contributed by atoms with Crippen LogP contribution in [0.15, 0.2) is 33.6 Å². The minimum atomic E-state index is -0.387. The summed E-state index contributed by atoms with van der Waals surface area (Å²) in [4.78, 5) is 25.7. The smallest absolute Gasteiger partial charge is 0.290 e. The van der Waals surface area contributed by atoms with E-state index in [9.17, 15) is 9.59 Å². The number of piperidine rings is 1. The van der Waals surface area contributed by atoms with Gasteiger partial charge in [-0.05, 0) is 31.0 Å². The second-order valence-electron chi connectivity index (χ2n) is 5.79. The molecule has 1 aromatic heterocycles. The molecule has 3 rings (SSSR count). The number of nitrogens with zero attached hydrogens (tertiary/aromatic N) is 2. The molecule has 1 amide bonds. The second kappa shape index (κ2) is 6.91. The molecular formula is C16H17Cl2N3O3. The van der Waals surface area contributed by atoms with Gasteiger partial charge in [0.2, 0.25) is 5.76 Å². The number of amides is 1. The van der Waals surface area contributed by atoms with Gasteiger partial charge in [-0.15, -0.1) is 0 Å². The number of hydrogen-bond acceptors (Lipinski definition) is 4. The number of aromatic nitrogens is 1. The third-order valence-corrected chi connectivity index (χ3v) is 4.57. The molecule has 1 N–H and O–H groups in total. The third-order valence-electron chi connectivity index (χ3n) is 4.03. The van der Waals surface area contributed by atoms with E-state index < -0.39 is 0 Å². The summed E-state index contributed by atoms with van der Waals surface area (Å²) in [6.07, 6.45) is 1.77. The van der Waals surface area contributed by atoms with E-state index in [-0.39, 0.29) is 23.3 Å². The Morgan fingerprint density at radius 3 is 2.79 bits per heavy atom. The molecule has 2 aromatic rings. The number of aryl methyl sites for hydroxylation is 1. The summed E-state index contributed by atoms with van der Waals surface area (Å²) in [5.74, 6) is -0.370. The number of rotatable bonds is 3. The Labute approximate surface area is 148 Å². The molecule has 1 saturated heterocycles. The first-order valence-corrected chi connectivity index (χ1v) is 8.38. The maximum Gasteiger partial charge on any atom is 0.290 e. The molecule has 0 spiro atoms. The summed E-state index contributed by atoms with van der Waals surface area (Å²) in [5, 5.41) is 4.08. The molecular weight excluding hydrogens is 353 g/mol. The van der Waals surface area contributed by atoms with Crippen molar-refractivity contribution in [1.29, 1.82) is 0 Å². The van der Waals surface area contributed by atoms with Crippen LogP contribution in [0, 0.1) is 0 Å². The highest BCUT2D eigenvalue weighted by Crippen LogP contribution is 2.30. The van der Waals surface area contributed by atoms with Gasteiger partial charge in [0, 0.05) is 31.2 Å². The molecule has 0 aliphatic carbocycles. The van der Waals surface area contributed by atoms with E-state index in [1.807, 2.05) is 6.07 Å². The average molecular weight is 370 g/mol. The van der Waals surface area contributed by atoms with E-state index in [1.165, 1.54) is 13.1 Å². The van der Waals surface area contributed by atoms with Crippen molar-refractivity contribution in [1.82, 2.24) is 10.1 Å². The molecule has 1 aliphatic heterocycles. The first-order chi connectivity index (χ1) is 11.4. The van der Waals surface area contributed by atoms with Crippen LogP contribution in [-0.4, -0.2) is 29.8 Å². The van der Waals surface area contributed by atoms with Gasteiger partial charge in [0.1, 0.15) is 0 Å². The largest absolute Gasteiger partial charge is 0.371 e. The van der Waals surface area contributed by atoms with Crippen molar-refractivity contribution in [3.8, 4) is 0 Å². The number of carbonyl (C=O) groups is 1. The summed E-state index contributed by atoms with van der Waals surface area (Å²) in [6, 6.07) is 6.52. The fraction of sp³-hybridized carbons (Fsp3) is 0.375. The molecule has 2 heterocycles. The van der Waals surface area contributed by atoms with Crippen LogP contribution in [0.2, 0.25) is 10.0 Å². The Morgan fingerprint density at radius 2 is 2.12 bits per heavy atom. The molecule has 0 radical (unpaired) electrons. The van der Waals surface area contributed by atoms with Crippen molar-refractivity contribution in [2.24, 2.45) is 7.05 Å². The first kappa shape index (κ1) is 16.9. The van der Waals surface area contributed by atoms with Crippen LogP contribution < -0.4 is 15.8 Å². The summed E-state index contributed by atoms with van der Waals surface area (Å²) >= 11 is 12.2. The van der Waals surface area contributed by atoms with E-state index in [0.29, 0.717) is 16.6 Å². The molecule has 1 aliphatic rings. The maximum atomic E-state index is 12.2. The van der Waals surface area contributed by atoms with E-state index in [4.69, 9.17) is 27.7 Å². The molecule has 6 nitrogen and oxygen atoms in total. The fourth-order valence-electron chi connectivity index (χ4n) is 2.84. The Kier molecular flexibility index (Phi) is 4.87. The van der Waals surface area contributed by atoms with Crippen LogP contribution in [0.5, 0.6) is 0 Å². The van der Waals surface area contributed by atoms with Crippen LogP contribution in [0.4, 0.5) is 5.69 Å². The normalized spacial score (nSPS) is 17.8. The van der Waals surface area contributed by atoms with Gasteiger partial charge in [-0.3, -0.25) is 9.59 Å². The molecule has 8 heteroatoms. The fourth-order valence-corrected chi connectivity index (χ4v) is 3.36. The lowest BCUT2D eigenvalue weighted by Crippen LogP contribution is -2.47.